The average molecular weight is 266 g/mol. The first-order valence-corrected chi connectivity index (χ1v) is 5.50. The van der Waals surface area contributed by atoms with E-state index in [1.165, 1.54) is 0 Å². The van der Waals surface area contributed by atoms with E-state index in [1.807, 2.05) is 0 Å². The van der Waals surface area contributed by atoms with Crippen LogP contribution in [0, 0.1) is 0 Å². The van der Waals surface area contributed by atoms with Gasteiger partial charge in [-0.1, -0.05) is 18.2 Å². The minimum absolute atomic E-state index is 0.358. The number of esters is 1. The highest BCUT2D eigenvalue weighted by Crippen LogP contribution is 2.07. The number of carbonyl (C=O) groups excluding carboxylic acids is 2. The number of hydrogen-bond acceptors (Lipinski definition) is 5. The fourth-order valence-electron chi connectivity index (χ4n) is 1.23. The van der Waals surface area contributed by atoms with E-state index in [-0.39, 0.29) is 6.54 Å². The molecule has 102 valence electrons. The van der Waals surface area contributed by atoms with Crippen LogP contribution in [0.5, 0.6) is 5.75 Å². The summed E-state index contributed by atoms with van der Waals surface area (Å²) in [6.07, 6.45) is -0.500. The summed E-state index contributed by atoms with van der Waals surface area (Å²) in [6, 6.07) is 7.16. The topological polar surface area (TPSA) is 119 Å². The Bertz CT molecular complexity index is 460. The standard InChI is InChI=1S/C12H14N2O5/c13-9(6-10(15)16)12(18)14-7-11(17)19-8-4-2-1-3-5-8/h1-5,9H,6-7,13H2,(H,14,18)(H,15,16)/t9-/m0/s1. The Kier molecular flexibility index (Phi) is 5.49. The molecule has 1 rings (SSSR count). The van der Waals surface area contributed by atoms with Crippen LogP contribution in [-0.4, -0.2) is 35.5 Å². The third-order valence-corrected chi connectivity index (χ3v) is 2.11. The molecule has 0 unspecified atom stereocenters. The van der Waals surface area contributed by atoms with Crippen LogP contribution in [0.25, 0.3) is 0 Å². The van der Waals surface area contributed by atoms with Gasteiger partial charge in [0.1, 0.15) is 12.3 Å². The monoisotopic (exact) mass is 266 g/mol. The molecule has 0 fully saturated rings. The molecule has 0 aliphatic heterocycles. The van der Waals surface area contributed by atoms with Crippen molar-refractivity contribution in [3.8, 4) is 5.75 Å². The summed E-state index contributed by atoms with van der Waals surface area (Å²) in [7, 11) is 0. The molecule has 0 aliphatic carbocycles. The van der Waals surface area contributed by atoms with Crippen molar-refractivity contribution in [1.29, 1.82) is 0 Å². The van der Waals surface area contributed by atoms with Gasteiger partial charge in [-0.15, -0.1) is 0 Å². The van der Waals surface area contributed by atoms with Crippen molar-refractivity contribution in [2.24, 2.45) is 5.73 Å². The van der Waals surface area contributed by atoms with Gasteiger partial charge in [0.25, 0.3) is 0 Å². The first kappa shape index (κ1) is 14.7. The van der Waals surface area contributed by atoms with Crippen molar-refractivity contribution in [2.45, 2.75) is 12.5 Å². The Morgan fingerprint density at radius 2 is 1.89 bits per heavy atom. The summed E-state index contributed by atoms with van der Waals surface area (Å²) in [5, 5.41) is 10.7. The molecular formula is C12H14N2O5. The van der Waals surface area contributed by atoms with E-state index in [4.69, 9.17) is 15.6 Å². The molecular weight excluding hydrogens is 252 g/mol. The zero-order valence-electron chi connectivity index (χ0n) is 10.0. The zero-order chi connectivity index (χ0) is 14.3. The van der Waals surface area contributed by atoms with Crippen LogP contribution < -0.4 is 15.8 Å². The van der Waals surface area contributed by atoms with E-state index < -0.39 is 30.3 Å². The van der Waals surface area contributed by atoms with E-state index >= 15 is 0 Å². The summed E-state index contributed by atoms with van der Waals surface area (Å²) in [5.41, 5.74) is 5.31. The second-order valence-electron chi connectivity index (χ2n) is 3.71. The highest BCUT2D eigenvalue weighted by Gasteiger charge is 2.17. The van der Waals surface area contributed by atoms with Crippen LogP contribution in [0.1, 0.15) is 6.42 Å². The molecule has 1 atom stereocenters. The van der Waals surface area contributed by atoms with Gasteiger partial charge in [-0.3, -0.25) is 9.59 Å². The van der Waals surface area contributed by atoms with E-state index in [9.17, 15) is 14.4 Å². The number of amides is 1. The molecule has 0 saturated carbocycles. The van der Waals surface area contributed by atoms with Gasteiger partial charge in [0.05, 0.1) is 12.5 Å². The van der Waals surface area contributed by atoms with Crippen molar-refractivity contribution >= 4 is 17.8 Å². The van der Waals surface area contributed by atoms with Gasteiger partial charge in [0.2, 0.25) is 5.91 Å². The third-order valence-electron chi connectivity index (χ3n) is 2.11. The minimum atomic E-state index is -1.19. The van der Waals surface area contributed by atoms with Gasteiger partial charge in [0.15, 0.2) is 0 Å². The summed E-state index contributed by atoms with van der Waals surface area (Å²) >= 11 is 0. The molecule has 1 aromatic carbocycles. The highest BCUT2D eigenvalue weighted by atomic mass is 16.5. The first-order valence-electron chi connectivity index (χ1n) is 5.50. The maximum Gasteiger partial charge on any atom is 0.330 e. The molecule has 0 radical (unpaired) electrons. The van der Waals surface area contributed by atoms with Crippen molar-refractivity contribution < 1.29 is 24.2 Å². The number of ether oxygens (including phenoxy) is 1. The predicted octanol–water partition coefficient (Wildman–Crippen LogP) is -0.490. The van der Waals surface area contributed by atoms with Gasteiger partial charge in [-0.2, -0.15) is 0 Å². The lowest BCUT2D eigenvalue weighted by atomic mass is 10.2. The molecule has 7 heteroatoms. The Balaban J connectivity index is 2.34. The van der Waals surface area contributed by atoms with E-state index in [0.29, 0.717) is 5.75 Å². The summed E-state index contributed by atoms with van der Waals surface area (Å²) in [4.78, 5) is 33.0. The first-order chi connectivity index (χ1) is 8.99. The SMILES string of the molecule is N[C@@H](CC(=O)O)C(=O)NCC(=O)Oc1ccccc1. The van der Waals surface area contributed by atoms with Crippen LogP contribution >= 0.6 is 0 Å². The quantitative estimate of drug-likeness (QED) is 0.472. The van der Waals surface area contributed by atoms with Crippen molar-refractivity contribution in [2.75, 3.05) is 6.54 Å². The number of carboxylic acid groups (broad SMARTS) is 1. The molecule has 1 amide bonds. The number of carbonyl (C=O) groups is 3. The number of nitrogens with one attached hydrogen (secondary N) is 1. The smallest absolute Gasteiger partial charge is 0.330 e. The van der Waals surface area contributed by atoms with Crippen LogP contribution in [0.15, 0.2) is 30.3 Å². The van der Waals surface area contributed by atoms with Crippen molar-refractivity contribution in [3.05, 3.63) is 30.3 Å². The van der Waals surface area contributed by atoms with E-state index in [1.54, 1.807) is 30.3 Å². The Morgan fingerprint density at radius 3 is 2.47 bits per heavy atom. The number of hydrogen-bond donors (Lipinski definition) is 3. The summed E-state index contributed by atoms with van der Waals surface area (Å²) in [5.74, 6) is -2.21. The minimum Gasteiger partial charge on any atom is -0.481 e. The second-order valence-corrected chi connectivity index (χ2v) is 3.71. The van der Waals surface area contributed by atoms with Crippen molar-refractivity contribution in [1.82, 2.24) is 5.32 Å². The molecule has 0 spiro atoms. The van der Waals surface area contributed by atoms with E-state index in [0.717, 1.165) is 0 Å². The van der Waals surface area contributed by atoms with Gasteiger partial charge < -0.3 is 20.9 Å². The molecule has 1 aromatic rings. The number of para-hydroxylation sites is 1. The molecule has 19 heavy (non-hydrogen) atoms. The Labute approximate surface area is 109 Å². The van der Waals surface area contributed by atoms with Gasteiger partial charge >= 0.3 is 11.9 Å². The fraction of sp³-hybridized carbons (Fsp3) is 0.250. The maximum atomic E-state index is 11.4. The van der Waals surface area contributed by atoms with Crippen LogP contribution in [0.2, 0.25) is 0 Å². The summed E-state index contributed by atoms with van der Waals surface area (Å²) in [6.45, 7) is -0.374. The number of carboxylic acids is 1. The fourth-order valence-corrected chi connectivity index (χ4v) is 1.23. The van der Waals surface area contributed by atoms with Crippen LogP contribution in [-0.2, 0) is 14.4 Å². The van der Waals surface area contributed by atoms with Crippen LogP contribution in [0.3, 0.4) is 0 Å². The Morgan fingerprint density at radius 1 is 1.26 bits per heavy atom. The molecule has 0 saturated heterocycles. The molecule has 0 heterocycles. The second kappa shape index (κ2) is 7.12. The van der Waals surface area contributed by atoms with E-state index in [2.05, 4.69) is 5.32 Å². The predicted molar refractivity (Wildman–Crippen MR) is 65.3 cm³/mol. The average Bonchev–Trinajstić information content (AvgIpc) is 2.36. The number of benzene rings is 1. The van der Waals surface area contributed by atoms with Crippen molar-refractivity contribution in [3.63, 3.8) is 0 Å². The third kappa shape index (κ3) is 5.64. The van der Waals surface area contributed by atoms with Gasteiger partial charge in [-0.25, -0.2) is 4.79 Å². The number of rotatable bonds is 6. The lowest BCUT2D eigenvalue weighted by Crippen LogP contribution is -2.44. The lowest BCUT2D eigenvalue weighted by molar-refractivity contribution is -0.139. The normalized spacial score (nSPS) is 11.4. The van der Waals surface area contributed by atoms with Gasteiger partial charge in [-0.05, 0) is 12.1 Å². The Hall–Kier alpha value is -2.41. The van der Waals surface area contributed by atoms with Crippen LogP contribution in [0.4, 0.5) is 0 Å². The molecule has 0 aromatic heterocycles. The maximum absolute atomic E-state index is 11.4. The molecule has 4 N–H and O–H groups in total. The molecule has 0 aliphatic rings. The largest absolute Gasteiger partial charge is 0.481 e. The highest BCUT2D eigenvalue weighted by molar-refractivity contribution is 5.88. The van der Waals surface area contributed by atoms with Gasteiger partial charge in [0, 0.05) is 0 Å². The number of nitrogens with two attached hydrogens (primary N) is 1. The molecule has 0 bridgehead atoms. The molecule has 7 nitrogen and oxygen atoms in total. The lowest BCUT2D eigenvalue weighted by Gasteiger charge is -2.09. The summed E-state index contributed by atoms with van der Waals surface area (Å²) < 4.78 is 4.91. The number of aliphatic carboxylic acids is 1. The zero-order valence-corrected chi connectivity index (χ0v) is 10.0.